The third kappa shape index (κ3) is 3.79. The van der Waals surface area contributed by atoms with Crippen molar-refractivity contribution in [1.29, 1.82) is 0 Å². The molecule has 1 aliphatic rings. The Hall–Kier alpha value is -2.66. The minimum absolute atomic E-state index is 0.0915. The lowest BCUT2D eigenvalue weighted by atomic mass is 9.75. The summed E-state index contributed by atoms with van der Waals surface area (Å²) in [5, 5.41) is 0. The van der Waals surface area contributed by atoms with Crippen molar-refractivity contribution < 1.29 is 19.1 Å². The number of nitrogens with zero attached hydrogens (tertiary/aromatic N) is 1. The maximum atomic E-state index is 13.2. The summed E-state index contributed by atoms with van der Waals surface area (Å²) >= 11 is 0. The molecule has 0 aromatic heterocycles. The molecule has 2 atom stereocenters. The lowest BCUT2D eigenvalue weighted by Gasteiger charge is -2.35. The molecule has 5 heteroatoms. The summed E-state index contributed by atoms with van der Waals surface area (Å²) < 4.78 is 10.4. The van der Waals surface area contributed by atoms with Gasteiger partial charge in [-0.15, -0.1) is 0 Å². The van der Waals surface area contributed by atoms with Crippen molar-refractivity contribution in [3.8, 4) is 0 Å². The van der Waals surface area contributed by atoms with Gasteiger partial charge >= 0.3 is 11.9 Å². The monoisotopic (exact) mass is 395 g/mol. The fourth-order valence-electron chi connectivity index (χ4n) is 4.56. The minimum atomic E-state index is -1.42. The smallest absolute Gasteiger partial charge is 0.325 e. The Morgan fingerprint density at radius 3 is 1.93 bits per heavy atom. The van der Waals surface area contributed by atoms with E-state index in [0.29, 0.717) is 6.42 Å². The lowest BCUT2D eigenvalue weighted by molar-refractivity contribution is -0.171. The average molecular weight is 395 g/mol. The van der Waals surface area contributed by atoms with Crippen LogP contribution in [-0.2, 0) is 19.1 Å². The summed E-state index contributed by atoms with van der Waals surface area (Å²) in [6, 6.07) is 19.2. The van der Waals surface area contributed by atoms with Crippen LogP contribution in [0.1, 0.15) is 49.4 Å². The first kappa shape index (κ1) is 21.1. The van der Waals surface area contributed by atoms with Crippen LogP contribution in [0, 0.1) is 5.41 Å². The highest BCUT2D eigenvalue weighted by molar-refractivity contribution is 6.01. The Kier molecular flexibility index (Phi) is 6.70. The molecule has 154 valence electrons. The quantitative estimate of drug-likeness (QED) is 0.517. The fraction of sp³-hybridized carbons (Fsp3) is 0.417. The maximum Gasteiger partial charge on any atom is 0.325 e. The first-order chi connectivity index (χ1) is 14.1. The highest BCUT2D eigenvalue weighted by Crippen LogP contribution is 2.56. The van der Waals surface area contributed by atoms with Crippen LogP contribution in [0.15, 0.2) is 60.7 Å². The number of methoxy groups -OCH3 is 2. The van der Waals surface area contributed by atoms with E-state index in [0.717, 1.165) is 30.5 Å². The number of carbonyl (C=O) groups is 2. The average Bonchev–Trinajstić information content (AvgIpc) is 3.13. The third-order valence-electron chi connectivity index (χ3n) is 5.88. The first-order valence-electron chi connectivity index (χ1n) is 10.1. The normalized spacial score (nSPS) is 20.9. The van der Waals surface area contributed by atoms with Crippen molar-refractivity contribution in [2.45, 2.75) is 38.3 Å². The fourth-order valence-corrected chi connectivity index (χ4v) is 4.56. The Balaban J connectivity index is 2.21. The number of hydrogen-bond acceptors (Lipinski definition) is 5. The topological polar surface area (TPSA) is 55.8 Å². The van der Waals surface area contributed by atoms with E-state index in [2.05, 4.69) is 24.0 Å². The molecular weight excluding hydrogens is 366 g/mol. The van der Waals surface area contributed by atoms with E-state index in [4.69, 9.17) is 9.47 Å². The summed E-state index contributed by atoms with van der Waals surface area (Å²) in [6.07, 6.45) is 2.30. The van der Waals surface area contributed by atoms with Gasteiger partial charge in [-0.05, 0) is 30.5 Å². The molecule has 0 N–H and O–H groups in total. The molecule has 0 amide bonds. The number of unbranched alkanes of at least 4 members (excludes halogenated alkanes) is 1. The van der Waals surface area contributed by atoms with Crippen molar-refractivity contribution in [3.63, 3.8) is 0 Å². The molecule has 5 nitrogen and oxygen atoms in total. The summed E-state index contributed by atoms with van der Waals surface area (Å²) in [5.74, 6) is -1.09. The summed E-state index contributed by atoms with van der Waals surface area (Å²) in [6.45, 7) is 2.91. The van der Waals surface area contributed by atoms with Gasteiger partial charge in [0.15, 0.2) is 5.41 Å². The van der Waals surface area contributed by atoms with Crippen LogP contribution in [0.5, 0.6) is 0 Å². The van der Waals surface area contributed by atoms with Crippen LogP contribution in [0.3, 0.4) is 0 Å². The number of esters is 2. The van der Waals surface area contributed by atoms with Gasteiger partial charge in [-0.3, -0.25) is 14.5 Å². The Bertz CT molecular complexity index is 805. The molecule has 1 heterocycles. The lowest BCUT2D eigenvalue weighted by Crippen LogP contribution is -2.46. The van der Waals surface area contributed by atoms with E-state index >= 15 is 0 Å². The van der Waals surface area contributed by atoms with Gasteiger partial charge in [0, 0.05) is 6.04 Å². The zero-order valence-electron chi connectivity index (χ0n) is 17.3. The van der Waals surface area contributed by atoms with Crippen LogP contribution in [-0.4, -0.2) is 37.6 Å². The summed E-state index contributed by atoms with van der Waals surface area (Å²) in [7, 11) is 2.67. The summed E-state index contributed by atoms with van der Waals surface area (Å²) in [4.78, 5) is 28.6. The van der Waals surface area contributed by atoms with E-state index in [-0.39, 0.29) is 6.04 Å². The van der Waals surface area contributed by atoms with Crippen LogP contribution in [0.25, 0.3) is 0 Å². The van der Waals surface area contributed by atoms with Crippen molar-refractivity contribution in [1.82, 2.24) is 4.90 Å². The van der Waals surface area contributed by atoms with Crippen molar-refractivity contribution in [2.24, 2.45) is 5.41 Å². The van der Waals surface area contributed by atoms with E-state index in [1.54, 1.807) is 0 Å². The second kappa shape index (κ2) is 9.23. The summed E-state index contributed by atoms with van der Waals surface area (Å²) in [5.41, 5.74) is 0.580. The van der Waals surface area contributed by atoms with E-state index in [1.165, 1.54) is 14.2 Å². The van der Waals surface area contributed by atoms with Crippen molar-refractivity contribution in [3.05, 3.63) is 71.8 Å². The number of benzene rings is 2. The second-order valence-electron chi connectivity index (χ2n) is 7.49. The van der Waals surface area contributed by atoms with Gasteiger partial charge in [-0.1, -0.05) is 74.0 Å². The highest BCUT2D eigenvalue weighted by atomic mass is 16.5. The number of carbonyl (C=O) groups excluding carboxylic acids is 2. The molecule has 0 bridgehead atoms. The Labute approximate surface area is 172 Å². The predicted molar refractivity (Wildman–Crippen MR) is 111 cm³/mol. The molecule has 0 spiro atoms. The molecule has 1 fully saturated rings. The Morgan fingerprint density at radius 2 is 1.45 bits per heavy atom. The van der Waals surface area contributed by atoms with Gasteiger partial charge in [-0.25, -0.2) is 0 Å². The largest absolute Gasteiger partial charge is 0.468 e. The van der Waals surface area contributed by atoms with Crippen molar-refractivity contribution >= 4 is 11.9 Å². The molecule has 2 aromatic rings. The molecule has 29 heavy (non-hydrogen) atoms. The van der Waals surface area contributed by atoms with Gasteiger partial charge in [0.2, 0.25) is 0 Å². The standard InChI is InChI=1S/C24H29NO4/c1-4-5-16-25-20(18-12-8-6-9-13-18)17-24(22(26)28-2,23(27)29-3)21(25)19-14-10-7-11-15-19/h6-15,20-21H,4-5,16-17H2,1-3H3/t20-,21-/m1/s1. The van der Waals surface area contributed by atoms with E-state index in [1.807, 2.05) is 48.5 Å². The van der Waals surface area contributed by atoms with Crippen LogP contribution >= 0.6 is 0 Å². The number of rotatable bonds is 7. The predicted octanol–water partition coefficient (Wildman–Crippen LogP) is 4.31. The molecule has 1 saturated heterocycles. The molecule has 0 unspecified atom stereocenters. The third-order valence-corrected chi connectivity index (χ3v) is 5.88. The van der Waals surface area contributed by atoms with E-state index < -0.39 is 23.4 Å². The first-order valence-corrected chi connectivity index (χ1v) is 10.1. The zero-order valence-corrected chi connectivity index (χ0v) is 17.3. The molecule has 3 rings (SSSR count). The van der Waals surface area contributed by atoms with E-state index in [9.17, 15) is 9.59 Å². The SMILES string of the molecule is CCCCN1[C@@H](c2ccccc2)CC(C(=O)OC)(C(=O)OC)[C@H]1c1ccccc1. The minimum Gasteiger partial charge on any atom is -0.468 e. The van der Waals surface area contributed by atoms with Gasteiger partial charge in [0.05, 0.1) is 20.3 Å². The van der Waals surface area contributed by atoms with Crippen LogP contribution in [0.4, 0.5) is 0 Å². The van der Waals surface area contributed by atoms with Gasteiger partial charge in [0.1, 0.15) is 0 Å². The van der Waals surface area contributed by atoms with Gasteiger partial charge < -0.3 is 9.47 Å². The molecule has 1 aliphatic heterocycles. The number of ether oxygens (including phenoxy) is 2. The van der Waals surface area contributed by atoms with Crippen molar-refractivity contribution in [2.75, 3.05) is 20.8 Å². The van der Waals surface area contributed by atoms with Gasteiger partial charge in [0.25, 0.3) is 0 Å². The van der Waals surface area contributed by atoms with Crippen LogP contribution in [0.2, 0.25) is 0 Å². The molecule has 0 aliphatic carbocycles. The number of likely N-dealkylation sites (tertiary alicyclic amines) is 1. The molecule has 0 saturated carbocycles. The molecule has 2 aromatic carbocycles. The Morgan fingerprint density at radius 1 is 0.931 bits per heavy atom. The van der Waals surface area contributed by atoms with Crippen LogP contribution < -0.4 is 0 Å². The number of hydrogen-bond donors (Lipinski definition) is 0. The second-order valence-corrected chi connectivity index (χ2v) is 7.49. The molecule has 0 radical (unpaired) electrons. The molecular formula is C24H29NO4. The zero-order chi connectivity index (χ0) is 20.9. The maximum absolute atomic E-state index is 13.2. The highest BCUT2D eigenvalue weighted by Gasteiger charge is 2.63. The van der Waals surface area contributed by atoms with Gasteiger partial charge in [-0.2, -0.15) is 0 Å².